The summed E-state index contributed by atoms with van der Waals surface area (Å²) in [5.74, 6) is 0.725. The zero-order valence-electron chi connectivity index (χ0n) is 16.1. The normalized spacial score (nSPS) is 13.5. The zero-order chi connectivity index (χ0) is 19.0. The van der Waals surface area contributed by atoms with Crippen LogP contribution in [0.2, 0.25) is 0 Å². The lowest BCUT2D eigenvalue weighted by Crippen LogP contribution is -2.27. The van der Waals surface area contributed by atoms with Crippen molar-refractivity contribution in [2.24, 2.45) is 0 Å². The first-order chi connectivity index (χ1) is 12.7. The van der Waals surface area contributed by atoms with E-state index in [9.17, 15) is 5.11 Å². The molecule has 1 aromatic rings. The first kappa shape index (κ1) is 22.9. The minimum absolute atomic E-state index is 0.000854. The molecule has 0 bridgehead atoms. The van der Waals surface area contributed by atoms with Crippen LogP contribution in [0.15, 0.2) is 24.3 Å². The SMILES string of the molecule is CCCCCCCCCc1ccc(OCC(O)COCC(O)CO)cc1. The van der Waals surface area contributed by atoms with Crippen LogP contribution in [0.25, 0.3) is 0 Å². The first-order valence-corrected chi connectivity index (χ1v) is 9.92. The van der Waals surface area contributed by atoms with Gasteiger partial charge in [0.15, 0.2) is 0 Å². The van der Waals surface area contributed by atoms with E-state index in [0.717, 1.165) is 12.2 Å². The van der Waals surface area contributed by atoms with Gasteiger partial charge in [-0.15, -0.1) is 0 Å². The molecule has 0 spiro atoms. The molecule has 0 aliphatic rings. The molecule has 5 heteroatoms. The number of rotatable bonds is 16. The minimum atomic E-state index is -0.910. The first-order valence-electron chi connectivity index (χ1n) is 9.92. The molecule has 150 valence electrons. The van der Waals surface area contributed by atoms with Gasteiger partial charge in [0.05, 0.1) is 19.8 Å². The molecule has 26 heavy (non-hydrogen) atoms. The van der Waals surface area contributed by atoms with E-state index in [-0.39, 0.29) is 26.4 Å². The predicted octanol–water partition coefficient (Wildman–Crippen LogP) is 3.09. The molecule has 0 saturated carbocycles. The second-order valence-electron chi connectivity index (χ2n) is 6.85. The van der Waals surface area contributed by atoms with Crippen LogP contribution in [-0.2, 0) is 11.2 Å². The third-order valence-electron chi connectivity index (χ3n) is 4.27. The van der Waals surface area contributed by atoms with E-state index < -0.39 is 12.2 Å². The standard InChI is InChI=1S/C21H36O5/c1-2-3-4-5-6-7-8-9-18-10-12-21(13-11-18)26-17-20(24)16-25-15-19(23)14-22/h10-13,19-20,22-24H,2-9,14-17H2,1H3. The van der Waals surface area contributed by atoms with Gasteiger partial charge >= 0.3 is 0 Å². The van der Waals surface area contributed by atoms with Crippen molar-refractivity contribution < 1.29 is 24.8 Å². The summed E-state index contributed by atoms with van der Waals surface area (Å²) in [4.78, 5) is 0. The number of aryl methyl sites for hydroxylation is 1. The molecule has 0 fully saturated rings. The van der Waals surface area contributed by atoms with Crippen molar-refractivity contribution in [3.05, 3.63) is 29.8 Å². The van der Waals surface area contributed by atoms with Crippen molar-refractivity contribution in [1.82, 2.24) is 0 Å². The lowest BCUT2D eigenvalue weighted by Gasteiger charge is -2.14. The molecule has 1 aromatic carbocycles. The number of hydrogen-bond donors (Lipinski definition) is 3. The second kappa shape index (κ2) is 15.0. The van der Waals surface area contributed by atoms with Crippen LogP contribution < -0.4 is 4.74 Å². The highest BCUT2D eigenvalue weighted by Crippen LogP contribution is 2.15. The Bertz CT molecular complexity index is 435. The van der Waals surface area contributed by atoms with Crippen LogP contribution in [0, 0.1) is 0 Å². The van der Waals surface area contributed by atoms with Crippen molar-refractivity contribution in [2.45, 2.75) is 70.5 Å². The maximum atomic E-state index is 9.78. The third kappa shape index (κ3) is 11.5. The van der Waals surface area contributed by atoms with Crippen LogP contribution in [0.1, 0.15) is 57.4 Å². The fraction of sp³-hybridized carbons (Fsp3) is 0.714. The van der Waals surface area contributed by atoms with Gasteiger partial charge < -0.3 is 24.8 Å². The van der Waals surface area contributed by atoms with Crippen molar-refractivity contribution in [1.29, 1.82) is 0 Å². The summed E-state index contributed by atoms with van der Waals surface area (Å²) >= 11 is 0. The lowest BCUT2D eigenvalue weighted by molar-refractivity contribution is -0.0337. The number of benzene rings is 1. The molecule has 5 nitrogen and oxygen atoms in total. The Morgan fingerprint density at radius 3 is 2.08 bits per heavy atom. The van der Waals surface area contributed by atoms with E-state index in [1.807, 2.05) is 12.1 Å². The fourth-order valence-corrected chi connectivity index (χ4v) is 2.67. The number of unbranched alkanes of at least 4 members (excludes halogenated alkanes) is 6. The molecule has 2 unspecified atom stereocenters. The summed E-state index contributed by atoms with van der Waals surface area (Å²) in [6.07, 6.45) is 8.63. The van der Waals surface area contributed by atoms with Gasteiger partial charge in [0.25, 0.3) is 0 Å². The highest BCUT2D eigenvalue weighted by atomic mass is 16.5. The molecule has 3 N–H and O–H groups in total. The average molecular weight is 369 g/mol. The quantitative estimate of drug-likeness (QED) is 0.391. The molecule has 1 rings (SSSR count). The second-order valence-corrected chi connectivity index (χ2v) is 6.85. The third-order valence-corrected chi connectivity index (χ3v) is 4.27. The molecular formula is C21H36O5. The maximum absolute atomic E-state index is 9.78. The Kier molecular flexibility index (Phi) is 13.2. The summed E-state index contributed by atoms with van der Waals surface area (Å²) < 4.78 is 10.6. The topological polar surface area (TPSA) is 79.2 Å². The van der Waals surface area contributed by atoms with Gasteiger partial charge in [-0.1, -0.05) is 57.6 Å². The van der Waals surface area contributed by atoms with Gasteiger partial charge in [-0.25, -0.2) is 0 Å². The molecule has 0 heterocycles. The van der Waals surface area contributed by atoms with E-state index in [4.69, 9.17) is 19.7 Å². The van der Waals surface area contributed by atoms with Crippen molar-refractivity contribution in [2.75, 3.05) is 26.4 Å². The molecular weight excluding hydrogens is 332 g/mol. The van der Waals surface area contributed by atoms with Gasteiger partial charge in [-0.2, -0.15) is 0 Å². The van der Waals surface area contributed by atoms with Crippen LogP contribution in [-0.4, -0.2) is 54.0 Å². The molecule has 0 saturated heterocycles. The molecule has 0 aromatic heterocycles. The Hall–Kier alpha value is -1.14. The van der Waals surface area contributed by atoms with Gasteiger partial charge in [0.2, 0.25) is 0 Å². The van der Waals surface area contributed by atoms with Gasteiger partial charge in [-0.3, -0.25) is 0 Å². The van der Waals surface area contributed by atoms with Gasteiger partial charge in [0, 0.05) is 0 Å². The van der Waals surface area contributed by atoms with Crippen LogP contribution >= 0.6 is 0 Å². The minimum Gasteiger partial charge on any atom is -0.491 e. The van der Waals surface area contributed by atoms with Crippen molar-refractivity contribution in [3.8, 4) is 5.75 Å². The van der Waals surface area contributed by atoms with Crippen LogP contribution in [0.3, 0.4) is 0 Å². The van der Waals surface area contributed by atoms with E-state index >= 15 is 0 Å². The fourth-order valence-electron chi connectivity index (χ4n) is 2.67. The van der Waals surface area contributed by atoms with Crippen LogP contribution in [0.5, 0.6) is 5.75 Å². The van der Waals surface area contributed by atoms with E-state index in [1.54, 1.807) is 0 Å². The smallest absolute Gasteiger partial charge is 0.119 e. The van der Waals surface area contributed by atoms with E-state index in [1.165, 1.54) is 50.5 Å². The summed E-state index contributed by atoms with van der Waals surface area (Å²) in [6, 6.07) is 8.01. The Labute approximate surface area is 158 Å². The summed E-state index contributed by atoms with van der Waals surface area (Å²) in [7, 11) is 0. The molecule has 0 aliphatic heterocycles. The van der Waals surface area contributed by atoms with Crippen LogP contribution in [0.4, 0.5) is 0 Å². The van der Waals surface area contributed by atoms with E-state index in [0.29, 0.717) is 0 Å². The van der Waals surface area contributed by atoms with Gasteiger partial charge in [0.1, 0.15) is 24.6 Å². The zero-order valence-corrected chi connectivity index (χ0v) is 16.1. The molecule has 0 aliphatic carbocycles. The Morgan fingerprint density at radius 1 is 0.808 bits per heavy atom. The summed E-state index contributed by atoms with van der Waals surface area (Å²) in [6.45, 7) is 2.09. The maximum Gasteiger partial charge on any atom is 0.119 e. The highest BCUT2D eigenvalue weighted by molar-refractivity contribution is 5.27. The Balaban J connectivity index is 2.12. The number of aliphatic hydroxyl groups is 3. The number of aliphatic hydroxyl groups excluding tert-OH is 3. The Morgan fingerprint density at radius 2 is 1.42 bits per heavy atom. The lowest BCUT2D eigenvalue weighted by atomic mass is 10.0. The monoisotopic (exact) mass is 368 g/mol. The predicted molar refractivity (Wildman–Crippen MR) is 104 cm³/mol. The summed E-state index contributed by atoms with van der Waals surface area (Å²) in [5.41, 5.74) is 1.31. The molecule has 0 radical (unpaired) electrons. The number of hydrogen-bond acceptors (Lipinski definition) is 5. The van der Waals surface area contributed by atoms with Crippen molar-refractivity contribution in [3.63, 3.8) is 0 Å². The van der Waals surface area contributed by atoms with E-state index in [2.05, 4.69) is 19.1 Å². The molecule has 0 amide bonds. The van der Waals surface area contributed by atoms with Gasteiger partial charge in [-0.05, 0) is 30.5 Å². The van der Waals surface area contributed by atoms with Crippen molar-refractivity contribution >= 4 is 0 Å². The number of ether oxygens (including phenoxy) is 2. The highest BCUT2D eigenvalue weighted by Gasteiger charge is 2.08. The molecule has 2 atom stereocenters. The summed E-state index contributed by atoms with van der Waals surface area (Å²) in [5, 5.41) is 27.6. The average Bonchev–Trinajstić information content (AvgIpc) is 2.66. The largest absolute Gasteiger partial charge is 0.491 e.